The number of para-hydroxylation sites is 1. The van der Waals surface area contributed by atoms with E-state index in [0.717, 1.165) is 22.4 Å². The number of rotatable bonds is 3. The molecule has 0 atom stereocenters. The normalized spacial score (nSPS) is 10.6. The SMILES string of the molecule is Cc1cccc(C)c1NC(=O)NN=Cc1ccc(Cl)cc1. The maximum absolute atomic E-state index is 11.8. The van der Waals surface area contributed by atoms with E-state index in [1.165, 1.54) is 0 Å². The number of aryl methyl sites for hydroxylation is 2. The van der Waals surface area contributed by atoms with Crippen LogP contribution in [0.4, 0.5) is 10.5 Å². The number of hydrogen-bond acceptors (Lipinski definition) is 2. The molecule has 0 aliphatic carbocycles. The maximum atomic E-state index is 11.8. The van der Waals surface area contributed by atoms with E-state index in [1.54, 1.807) is 18.3 Å². The van der Waals surface area contributed by atoms with Gasteiger partial charge in [0.25, 0.3) is 0 Å². The van der Waals surface area contributed by atoms with E-state index < -0.39 is 0 Å². The van der Waals surface area contributed by atoms with Crippen LogP contribution in [0.15, 0.2) is 47.6 Å². The molecule has 2 aromatic rings. The zero-order valence-corrected chi connectivity index (χ0v) is 12.6. The summed E-state index contributed by atoms with van der Waals surface area (Å²) >= 11 is 5.79. The molecule has 0 radical (unpaired) electrons. The summed E-state index contributed by atoms with van der Waals surface area (Å²) in [7, 11) is 0. The van der Waals surface area contributed by atoms with E-state index in [9.17, 15) is 4.79 Å². The van der Waals surface area contributed by atoms with Crippen molar-refractivity contribution in [3.63, 3.8) is 0 Å². The molecule has 2 aromatic carbocycles. The molecular weight excluding hydrogens is 286 g/mol. The number of urea groups is 1. The molecule has 5 heteroatoms. The first kappa shape index (κ1) is 15.1. The Bertz CT molecular complexity index is 645. The van der Waals surface area contributed by atoms with Gasteiger partial charge in [0.2, 0.25) is 0 Å². The number of benzene rings is 2. The molecule has 2 rings (SSSR count). The molecule has 0 saturated carbocycles. The largest absolute Gasteiger partial charge is 0.339 e. The van der Waals surface area contributed by atoms with Crippen LogP contribution in [-0.2, 0) is 0 Å². The molecular formula is C16H16ClN3O. The summed E-state index contributed by atoms with van der Waals surface area (Å²) in [6, 6.07) is 12.6. The number of carbonyl (C=O) groups is 1. The van der Waals surface area contributed by atoms with Crippen LogP contribution in [0.5, 0.6) is 0 Å². The van der Waals surface area contributed by atoms with Gasteiger partial charge >= 0.3 is 6.03 Å². The Kier molecular flexibility index (Phi) is 4.95. The molecule has 0 saturated heterocycles. The number of nitrogens with zero attached hydrogens (tertiary/aromatic N) is 1. The topological polar surface area (TPSA) is 53.5 Å². The summed E-state index contributed by atoms with van der Waals surface area (Å²) in [5.41, 5.74) is 6.10. The van der Waals surface area contributed by atoms with Gasteiger partial charge in [-0.1, -0.05) is 41.9 Å². The Morgan fingerprint density at radius 2 is 1.71 bits per heavy atom. The number of anilines is 1. The molecule has 0 bridgehead atoms. The molecule has 0 spiro atoms. The average molecular weight is 302 g/mol. The highest BCUT2D eigenvalue weighted by molar-refractivity contribution is 6.30. The predicted octanol–water partition coefficient (Wildman–Crippen LogP) is 4.11. The fraction of sp³-hybridized carbons (Fsp3) is 0.125. The van der Waals surface area contributed by atoms with E-state index in [2.05, 4.69) is 15.8 Å². The fourth-order valence-corrected chi connectivity index (χ4v) is 1.99. The van der Waals surface area contributed by atoms with Crippen molar-refractivity contribution in [2.45, 2.75) is 13.8 Å². The lowest BCUT2D eigenvalue weighted by molar-refractivity contribution is 0.252. The Labute approximate surface area is 128 Å². The van der Waals surface area contributed by atoms with Gasteiger partial charge in [0.05, 0.1) is 6.21 Å². The molecule has 108 valence electrons. The van der Waals surface area contributed by atoms with Crippen LogP contribution in [0.2, 0.25) is 5.02 Å². The van der Waals surface area contributed by atoms with Gasteiger partial charge in [-0.15, -0.1) is 0 Å². The van der Waals surface area contributed by atoms with Crippen molar-refractivity contribution in [2.75, 3.05) is 5.32 Å². The zero-order chi connectivity index (χ0) is 15.2. The highest BCUT2D eigenvalue weighted by atomic mass is 35.5. The first-order valence-electron chi connectivity index (χ1n) is 6.48. The van der Waals surface area contributed by atoms with E-state index in [-0.39, 0.29) is 6.03 Å². The fourth-order valence-electron chi connectivity index (χ4n) is 1.87. The molecule has 0 fully saturated rings. The molecule has 21 heavy (non-hydrogen) atoms. The number of nitrogens with one attached hydrogen (secondary N) is 2. The van der Waals surface area contributed by atoms with Crippen molar-refractivity contribution in [3.8, 4) is 0 Å². The maximum Gasteiger partial charge on any atom is 0.339 e. The number of halogens is 1. The highest BCUT2D eigenvalue weighted by Gasteiger charge is 2.05. The summed E-state index contributed by atoms with van der Waals surface area (Å²) in [4.78, 5) is 11.8. The van der Waals surface area contributed by atoms with Crippen molar-refractivity contribution in [1.82, 2.24) is 5.43 Å². The Hall–Kier alpha value is -2.33. The standard InChI is InChI=1S/C16H16ClN3O/c1-11-4-3-5-12(2)15(11)19-16(21)20-18-10-13-6-8-14(17)9-7-13/h3-10H,1-2H3,(H2,19,20,21). The second kappa shape index (κ2) is 6.90. The first-order chi connectivity index (χ1) is 10.1. The van der Waals surface area contributed by atoms with Gasteiger partial charge in [0, 0.05) is 10.7 Å². The minimum absolute atomic E-state index is 0.377. The molecule has 2 N–H and O–H groups in total. The minimum Gasteiger partial charge on any atom is -0.306 e. The van der Waals surface area contributed by atoms with Gasteiger partial charge in [0.1, 0.15) is 0 Å². The van der Waals surface area contributed by atoms with Gasteiger partial charge in [-0.25, -0.2) is 10.2 Å². The monoisotopic (exact) mass is 301 g/mol. The molecule has 0 heterocycles. The van der Waals surface area contributed by atoms with Crippen LogP contribution in [0.1, 0.15) is 16.7 Å². The van der Waals surface area contributed by atoms with Gasteiger partial charge in [-0.2, -0.15) is 5.10 Å². The van der Waals surface area contributed by atoms with Crippen LogP contribution in [0, 0.1) is 13.8 Å². The van der Waals surface area contributed by atoms with Gasteiger partial charge in [-0.3, -0.25) is 0 Å². The molecule has 0 aromatic heterocycles. The summed E-state index contributed by atoms with van der Waals surface area (Å²) in [6.07, 6.45) is 1.56. The van der Waals surface area contributed by atoms with Crippen LogP contribution in [0.25, 0.3) is 0 Å². The lowest BCUT2D eigenvalue weighted by atomic mass is 10.1. The zero-order valence-electron chi connectivity index (χ0n) is 11.9. The van der Waals surface area contributed by atoms with E-state index in [0.29, 0.717) is 5.02 Å². The van der Waals surface area contributed by atoms with Crippen molar-refractivity contribution in [2.24, 2.45) is 5.10 Å². The van der Waals surface area contributed by atoms with Crippen molar-refractivity contribution in [1.29, 1.82) is 0 Å². The van der Waals surface area contributed by atoms with E-state index >= 15 is 0 Å². The number of amides is 2. The number of hydrogen-bond donors (Lipinski definition) is 2. The molecule has 0 aliphatic rings. The van der Waals surface area contributed by atoms with Crippen molar-refractivity contribution in [3.05, 3.63) is 64.2 Å². The highest BCUT2D eigenvalue weighted by Crippen LogP contribution is 2.18. The van der Waals surface area contributed by atoms with Crippen molar-refractivity contribution >= 4 is 29.5 Å². The molecule has 0 unspecified atom stereocenters. The Balaban J connectivity index is 1.95. The van der Waals surface area contributed by atoms with Crippen LogP contribution >= 0.6 is 11.6 Å². The quantitative estimate of drug-likeness (QED) is 0.650. The lowest BCUT2D eigenvalue weighted by Crippen LogP contribution is -2.25. The minimum atomic E-state index is -0.377. The van der Waals surface area contributed by atoms with E-state index in [1.807, 2.05) is 44.2 Å². The van der Waals surface area contributed by atoms with Gasteiger partial charge < -0.3 is 5.32 Å². The third-order valence-electron chi connectivity index (χ3n) is 2.97. The predicted molar refractivity (Wildman–Crippen MR) is 87.1 cm³/mol. The summed E-state index contributed by atoms with van der Waals surface area (Å²) in [6.45, 7) is 3.89. The summed E-state index contributed by atoms with van der Waals surface area (Å²) in [5.74, 6) is 0. The number of hydrazone groups is 1. The Morgan fingerprint density at radius 3 is 2.33 bits per heavy atom. The smallest absolute Gasteiger partial charge is 0.306 e. The van der Waals surface area contributed by atoms with Gasteiger partial charge in [0.15, 0.2) is 0 Å². The van der Waals surface area contributed by atoms with Crippen LogP contribution in [-0.4, -0.2) is 12.2 Å². The third kappa shape index (κ3) is 4.33. The average Bonchev–Trinajstić information content (AvgIpc) is 2.45. The molecule has 4 nitrogen and oxygen atoms in total. The summed E-state index contributed by atoms with van der Waals surface area (Å²) in [5, 5.41) is 7.35. The van der Waals surface area contributed by atoms with Crippen molar-refractivity contribution < 1.29 is 4.79 Å². The summed E-state index contributed by atoms with van der Waals surface area (Å²) < 4.78 is 0. The second-order valence-electron chi connectivity index (χ2n) is 4.64. The van der Waals surface area contributed by atoms with Crippen LogP contribution in [0.3, 0.4) is 0 Å². The number of carbonyl (C=O) groups excluding carboxylic acids is 1. The Morgan fingerprint density at radius 1 is 1.10 bits per heavy atom. The third-order valence-corrected chi connectivity index (χ3v) is 3.22. The molecule has 0 aliphatic heterocycles. The second-order valence-corrected chi connectivity index (χ2v) is 5.08. The first-order valence-corrected chi connectivity index (χ1v) is 6.86. The van der Waals surface area contributed by atoms with Gasteiger partial charge in [-0.05, 0) is 42.7 Å². The van der Waals surface area contributed by atoms with E-state index in [4.69, 9.17) is 11.6 Å². The lowest BCUT2D eigenvalue weighted by Gasteiger charge is -2.10. The molecule has 2 amide bonds. The van der Waals surface area contributed by atoms with Crippen LogP contribution < -0.4 is 10.7 Å².